The Morgan fingerprint density at radius 2 is 1.79 bits per heavy atom. The highest BCUT2D eigenvalue weighted by molar-refractivity contribution is 6.01. The molecule has 5 heteroatoms. The van der Waals surface area contributed by atoms with Gasteiger partial charge in [-0.3, -0.25) is 9.59 Å². The predicted octanol–water partition coefficient (Wildman–Crippen LogP) is 2.04. The number of benzene rings is 1. The molecule has 2 fully saturated rings. The maximum Gasteiger partial charge on any atom is 0.231 e. The zero-order valence-corrected chi connectivity index (χ0v) is 14.3. The minimum absolute atomic E-state index is 0.161. The lowest BCUT2D eigenvalue weighted by atomic mass is 10.1. The van der Waals surface area contributed by atoms with Crippen LogP contribution in [0.2, 0.25) is 0 Å². The molecule has 1 saturated heterocycles. The highest BCUT2D eigenvalue weighted by atomic mass is 16.2. The van der Waals surface area contributed by atoms with E-state index in [2.05, 4.69) is 21.9 Å². The summed E-state index contributed by atoms with van der Waals surface area (Å²) in [6, 6.07) is 6.29. The lowest BCUT2D eigenvalue weighted by Gasteiger charge is -2.37. The number of piperazine rings is 1. The summed E-state index contributed by atoms with van der Waals surface area (Å²) in [6.07, 6.45) is 5.06. The molecular weight excluding hydrogens is 302 g/mol. The van der Waals surface area contributed by atoms with Gasteiger partial charge >= 0.3 is 0 Å². The summed E-state index contributed by atoms with van der Waals surface area (Å²) in [5.74, 6) is 0.806. The summed E-state index contributed by atoms with van der Waals surface area (Å²) in [7, 11) is 1.83. The van der Waals surface area contributed by atoms with E-state index in [0.29, 0.717) is 12.3 Å². The monoisotopic (exact) mass is 327 g/mol. The Morgan fingerprint density at radius 1 is 1.08 bits per heavy atom. The number of likely N-dealkylation sites (N-methyl/N-ethyl adjacent to an activating group) is 1. The molecule has 128 valence electrons. The Bertz CT molecular complexity index is 659. The molecule has 2 amide bonds. The maximum absolute atomic E-state index is 12.5. The van der Waals surface area contributed by atoms with Gasteiger partial charge in [0, 0.05) is 50.5 Å². The van der Waals surface area contributed by atoms with Gasteiger partial charge in [0.1, 0.15) is 0 Å². The van der Waals surface area contributed by atoms with Gasteiger partial charge in [-0.2, -0.15) is 0 Å². The van der Waals surface area contributed by atoms with Gasteiger partial charge in [0.25, 0.3) is 0 Å². The first-order valence-corrected chi connectivity index (χ1v) is 9.07. The van der Waals surface area contributed by atoms with Crippen LogP contribution in [0.15, 0.2) is 18.2 Å². The largest absolute Gasteiger partial charge is 0.368 e. The van der Waals surface area contributed by atoms with Crippen molar-refractivity contribution in [1.82, 2.24) is 4.90 Å². The first-order chi connectivity index (χ1) is 11.6. The molecule has 24 heavy (non-hydrogen) atoms. The van der Waals surface area contributed by atoms with Crippen molar-refractivity contribution < 1.29 is 9.59 Å². The molecule has 0 N–H and O–H groups in total. The van der Waals surface area contributed by atoms with E-state index in [4.69, 9.17) is 0 Å². The molecule has 2 aliphatic heterocycles. The fourth-order valence-electron chi connectivity index (χ4n) is 4.27. The lowest BCUT2D eigenvalue weighted by molar-refractivity contribution is -0.135. The number of hydrogen-bond donors (Lipinski definition) is 0. The summed E-state index contributed by atoms with van der Waals surface area (Å²) in [5.41, 5.74) is 3.31. The van der Waals surface area contributed by atoms with Crippen LogP contribution in [0.1, 0.15) is 31.2 Å². The second-order valence-electron chi connectivity index (χ2n) is 7.24. The highest BCUT2D eigenvalue weighted by Crippen LogP contribution is 2.32. The molecule has 3 aliphatic rings. The quantitative estimate of drug-likeness (QED) is 0.835. The lowest BCUT2D eigenvalue weighted by Crippen LogP contribution is -2.50. The smallest absolute Gasteiger partial charge is 0.231 e. The molecule has 0 atom stereocenters. The van der Waals surface area contributed by atoms with Crippen LogP contribution in [0.4, 0.5) is 11.4 Å². The van der Waals surface area contributed by atoms with E-state index in [1.807, 2.05) is 13.1 Å². The van der Waals surface area contributed by atoms with Crippen molar-refractivity contribution in [2.45, 2.75) is 32.1 Å². The van der Waals surface area contributed by atoms with Gasteiger partial charge in [-0.25, -0.2) is 0 Å². The maximum atomic E-state index is 12.5. The summed E-state index contributed by atoms with van der Waals surface area (Å²) in [5, 5.41) is 0. The van der Waals surface area contributed by atoms with Gasteiger partial charge in [0.2, 0.25) is 11.8 Å². The molecule has 1 saturated carbocycles. The van der Waals surface area contributed by atoms with Crippen molar-refractivity contribution >= 4 is 23.2 Å². The summed E-state index contributed by atoms with van der Waals surface area (Å²) in [6.45, 7) is 3.37. The average molecular weight is 327 g/mol. The zero-order chi connectivity index (χ0) is 16.7. The van der Waals surface area contributed by atoms with Crippen molar-refractivity contribution in [3.8, 4) is 0 Å². The zero-order valence-electron chi connectivity index (χ0n) is 14.3. The number of anilines is 2. The van der Waals surface area contributed by atoms with Crippen molar-refractivity contribution in [3.63, 3.8) is 0 Å². The van der Waals surface area contributed by atoms with E-state index >= 15 is 0 Å². The van der Waals surface area contributed by atoms with E-state index in [1.54, 1.807) is 4.90 Å². The fourth-order valence-corrected chi connectivity index (χ4v) is 4.27. The SMILES string of the molecule is CN1C(=O)Cc2cc(N3CCN(C(=O)C4CCCC4)CC3)ccc21. The Morgan fingerprint density at radius 3 is 2.50 bits per heavy atom. The van der Waals surface area contributed by atoms with Crippen LogP contribution in [-0.2, 0) is 16.0 Å². The van der Waals surface area contributed by atoms with Crippen molar-refractivity contribution in [1.29, 1.82) is 0 Å². The van der Waals surface area contributed by atoms with Crippen LogP contribution in [0.5, 0.6) is 0 Å². The van der Waals surface area contributed by atoms with Crippen LogP contribution in [0.3, 0.4) is 0 Å². The number of rotatable bonds is 2. The van der Waals surface area contributed by atoms with Crippen molar-refractivity contribution in [2.75, 3.05) is 43.0 Å². The second-order valence-corrected chi connectivity index (χ2v) is 7.24. The number of nitrogens with zero attached hydrogens (tertiary/aromatic N) is 3. The minimum Gasteiger partial charge on any atom is -0.368 e. The first-order valence-electron chi connectivity index (χ1n) is 9.07. The van der Waals surface area contributed by atoms with Gasteiger partial charge in [-0.05, 0) is 36.6 Å². The van der Waals surface area contributed by atoms with Gasteiger partial charge in [0.05, 0.1) is 6.42 Å². The average Bonchev–Trinajstić information content (AvgIpc) is 3.23. The molecule has 2 heterocycles. The highest BCUT2D eigenvalue weighted by Gasteiger charge is 2.30. The van der Waals surface area contributed by atoms with E-state index in [0.717, 1.165) is 50.3 Å². The molecule has 0 unspecified atom stereocenters. The van der Waals surface area contributed by atoms with E-state index in [9.17, 15) is 9.59 Å². The van der Waals surface area contributed by atoms with Crippen LogP contribution < -0.4 is 9.80 Å². The second kappa shape index (κ2) is 6.11. The molecule has 1 aliphatic carbocycles. The van der Waals surface area contributed by atoms with Crippen LogP contribution in [0, 0.1) is 5.92 Å². The van der Waals surface area contributed by atoms with E-state index in [-0.39, 0.29) is 11.8 Å². The molecule has 0 spiro atoms. The predicted molar refractivity (Wildman–Crippen MR) is 94.3 cm³/mol. The minimum atomic E-state index is 0.161. The number of carbonyl (C=O) groups is 2. The third-order valence-electron chi connectivity index (χ3n) is 5.80. The topological polar surface area (TPSA) is 43.9 Å². The molecule has 0 aromatic heterocycles. The van der Waals surface area contributed by atoms with Gasteiger partial charge < -0.3 is 14.7 Å². The van der Waals surface area contributed by atoms with Gasteiger partial charge in [0.15, 0.2) is 0 Å². The first kappa shape index (κ1) is 15.5. The number of carbonyl (C=O) groups excluding carboxylic acids is 2. The Labute approximate surface area is 143 Å². The summed E-state index contributed by atoms with van der Waals surface area (Å²) >= 11 is 0. The van der Waals surface area contributed by atoms with E-state index < -0.39 is 0 Å². The molecule has 1 aromatic carbocycles. The van der Waals surface area contributed by atoms with Gasteiger partial charge in [-0.1, -0.05) is 12.8 Å². The van der Waals surface area contributed by atoms with Crippen LogP contribution in [0.25, 0.3) is 0 Å². The Hall–Kier alpha value is -2.04. The fraction of sp³-hybridized carbons (Fsp3) is 0.579. The van der Waals surface area contributed by atoms with Crippen LogP contribution in [-0.4, -0.2) is 49.9 Å². The third kappa shape index (κ3) is 2.66. The Balaban J connectivity index is 1.40. The van der Waals surface area contributed by atoms with Crippen molar-refractivity contribution in [3.05, 3.63) is 23.8 Å². The van der Waals surface area contributed by atoms with Crippen LogP contribution >= 0.6 is 0 Å². The van der Waals surface area contributed by atoms with Gasteiger partial charge in [-0.15, -0.1) is 0 Å². The van der Waals surface area contributed by atoms with E-state index in [1.165, 1.54) is 18.5 Å². The summed E-state index contributed by atoms with van der Waals surface area (Å²) < 4.78 is 0. The molecule has 4 rings (SSSR count). The molecule has 0 bridgehead atoms. The number of hydrogen-bond acceptors (Lipinski definition) is 3. The molecular formula is C19H25N3O2. The third-order valence-corrected chi connectivity index (χ3v) is 5.80. The standard InChI is InChI=1S/C19H25N3O2/c1-20-17-7-6-16(12-15(17)13-18(20)23)21-8-10-22(11-9-21)19(24)14-4-2-3-5-14/h6-7,12,14H,2-5,8-11,13H2,1H3. The summed E-state index contributed by atoms with van der Waals surface area (Å²) in [4.78, 5) is 30.5. The molecule has 0 radical (unpaired) electrons. The van der Waals surface area contributed by atoms with Crippen molar-refractivity contribution in [2.24, 2.45) is 5.92 Å². The molecule has 5 nitrogen and oxygen atoms in total. The Kier molecular flexibility index (Phi) is 3.94. The number of fused-ring (bicyclic) bond motifs is 1. The normalized spacial score (nSPS) is 21.5. The number of amides is 2. The molecule has 1 aromatic rings.